The van der Waals surface area contributed by atoms with Crippen LogP contribution in [0, 0.1) is 5.82 Å². The summed E-state index contributed by atoms with van der Waals surface area (Å²) in [5.74, 6) is -0.475. The molecule has 1 amide bonds. The van der Waals surface area contributed by atoms with Gasteiger partial charge in [-0.15, -0.1) is 0 Å². The highest BCUT2D eigenvalue weighted by Gasteiger charge is 2.12. The molecule has 0 fully saturated rings. The molecule has 6 heteroatoms. The topological polar surface area (TPSA) is 59.5 Å². The van der Waals surface area contributed by atoms with E-state index in [0.29, 0.717) is 17.7 Å². The fraction of sp³-hybridized carbons (Fsp3) is 0.0400. The molecule has 3 aromatic carbocycles. The quantitative estimate of drug-likeness (QED) is 0.314. The van der Waals surface area contributed by atoms with Gasteiger partial charge >= 0.3 is 5.91 Å². The summed E-state index contributed by atoms with van der Waals surface area (Å²) in [6.07, 6.45) is 3.48. The zero-order valence-corrected chi connectivity index (χ0v) is 16.5. The molecule has 5 aromatic rings. The van der Waals surface area contributed by atoms with Crippen LogP contribution in [0.15, 0.2) is 94.6 Å². The van der Waals surface area contributed by atoms with Crippen LogP contribution in [-0.4, -0.2) is 16.7 Å². The summed E-state index contributed by atoms with van der Waals surface area (Å²) >= 11 is 0. The van der Waals surface area contributed by atoms with E-state index in [0.717, 1.165) is 21.9 Å². The Morgan fingerprint density at radius 1 is 1.03 bits per heavy atom. The van der Waals surface area contributed by atoms with Crippen LogP contribution in [0.3, 0.4) is 0 Å². The molecule has 2 heterocycles. The van der Waals surface area contributed by atoms with E-state index < -0.39 is 5.91 Å². The normalized spacial score (nSPS) is 11.5. The lowest BCUT2D eigenvalue weighted by Crippen LogP contribution is -2.16. The Hall–Kier alpha value is -4.19. The first-order valence-electron chi connectivity index (χ1n) is 9.82. The summed E-state index contributed by atoms with van der Waals surface area (Å²) in [5.41, 5.74) is 5.53. The van der Waals surface area contributed by atoms with Gasteiger partial charge in [0.15, 0.2) is 5.76 Å². The number of hydrazone groups is 1. The number of nitrogens with one attached hydrogen (secondary N) is 1. The number of hydrogen-bond donors (Lipinski definition) is 1. The summed E-state index contributed by atoms with van der Waals surface area (Å²) in [4.78, 5) is 12.4. The van der Waals surface area contributed by atoms with Crippen molar-refractivity contribution in [3.8, 4) is 0 Å². The SMILES string of the molecule is O=C(N/N=C/c1cn(Cc2ccccc2F)c2ccccc12)c1cc2ccccc2o1. The number of para-hydroxylation sites is 2. The first-order valence-corrected chi connectivity index (χ1v) is 9.82. The Kier molecular flexibility index (Phi) is 4.80. The number of aromatic nitrogens is 1. The molecular formula is C25H18FN3O2. The van der Waals surface area contributed by atoms with E-state index in [4.69, 9.17) is 4.42 Å². The van der Waals surface area contributed by atoms with Gasteiger partial charge in [0.2, 0.25) is 0 Å². The molecule has 0 aliphatic rings. The first-order chi connectivity index (χ1) is 15.2. The number of fused-ring (bicyclic) bond motifs is 2. The van der Waals surface area contributed by atoms with Crippen molar-refractivity contribution in [2.24, 2.45) is 5.10 Å². The molecule has 0 spiro atoms. The molecular weight excluding hydrogens is 393 g/mol. The lowest BCUT2D eigenvalue weighted by molar-refractivity contribution is 0.0929. The number of nitrogens with zero attached hydrogens (tertiary/aromatic N) is 2. The third kappa shape index (κ3) is 3.71. The number of carbonyl (C=O) groups excluding carboxylic acids is 1. The maximum absolute atomic E-state index is 14.1. The van der Waals surface area contributed by atoms with Gasteiger partial charge < -0.3 is 8.98 Å². The number of halogens is 1. The fourth-order valence-corrected chi connectivity index (χ4v) is 3.63. The Bertz CT molecular complexity index is 1400. The first kappa shape index (κ1) is 18.8. The number of amides is 1. The van der Waals surface area contributed by atoms with Crippen molar-refractivity contribution in [1.29, 1.82) is 0 Å². The molecule has 5 rings (SSSR count). The lowest BCUT2D eigenvalue weighted by atomic mass is 10.2. The highest BCUT2D eigenvalue weighted by molar-refractivity contribution is 6.01. The fourth-order valence-electron chi connectivity index (χ4n) is 3.63. The van der Waals surface area contributed by atoms with E-state index in [1.54, 1.807) is 30.5 Å². The maximum atomic E-state index is 14.1. The summed E-state index contributed by atoms with van der Waals surface area (Å²) < 4.78 is 21.6. The van der Waals surface area contributed by atoms with Crippen molar-refractivity contribution in [2.45, 2.75) is 6.54 Å². The third-order valence-corrected chi connectivity index (χ3v) is 5.14. The second-order valence-corrected chi connectivity index (χ2v) is 7.17. The molecule has 1 N–H and O–H groups in total. The third-order valence-electron chi connectivity index (χ3n) is 5.14. The minimum absolute atomic E-state index is 0.195. The average molecular weight is 411 g/mol. The van der Waals surface area contributed by atoms with Crippen molar-refractivity contribution in [3.05, 3.63) is 108 Å². The van der Waals surface area contributed by atoms with E-state index in [9.17, 15) is 9.18 Å². The Morgan fingerprint density at radius 3 is 2.68 bits per heavy atom. The Balaban J connectivity index is 1.39. The standard InChI is InChI=1S/C25H18FN3O2/c26-21-10-4-1-8-18(21)15-29-16-19(20-9-3-5-11-22(20)29)14-27-28-25(30)24-13-17-7-2-6-12-23(17)31-24/h1-14,16H,15H2,(H,28,30)/b27-14+. The second-order valence-electron chi connectivity index (χ2n) is 7.17. The zero-order chi connectivity index (χ0) is 21.2. The van der Waals surface area contributed by atoms with E-state index >= 15 is 0 Å². The van der Waals surface area contributed by atoms with Gasteiger partial charge in [0.05, 0.1) is 12.8 Å². The summed E-state index contributed by atoms with van der Waals surface area (Å²) in [6.45, 7) is 0.395. The number of rotatable bonds is 5. The van der Waals surface area contributed by atoms with E-state index in [1.807, 2.05) is 59.3 Å². The molecule has 0 radical (unpaired) electrons. The van der Waals surface area contributed by atoms with Gasteiger partial charge in [-0.05, 0) is 24.3 Å². The van der Waals surface area contributed by atoms with E-state index in [1.165, 1.54) is 6.07 Å². The van der Waals surface area contributed by atoms with Gasteiger partial charge in [-0.25, -0.2) is 9.82 Å². The number of hydrogen-bond acceptors (Lipinski definition) is 3. The molecule has 0 aliphatic carbocycles. The predicted molar refractivity (Wildman–Crippen MR) is 119 cm³/mol. The molecule has 0 saturated heterocycles. The molecule has 31 heavy (non-hydrogen) atoms. The van der Waals surface area contributed by atoms with Crippen LogP contribution < -0.4 is 5.43 Å². The van der Waals surface area contributed by atoms with E-state index in [-0.39, 0.29) is 11.6 Å². The molecule has 0 saturated carbocycles. The molecule has 5 nitrogen and oxygen atoms in total. The van der Waals surface area contributed by atoms with Crippen LogP contribution in [-0.2, 0) is 6.54 Å². The highest BCUT2D eigenvalue weighted by atomic mass is 19.1. The van der Waals surface area contributed by atoms with Crippen molar-refractivity contribution in [3.63, 3.8) is 0 Å². The Labute approximate surface area is 177 Å². The number of benzene rings is 3. The van der Waals surface area contributed by atoms with Crippen LogP contribution in [0.25, 0.3) is 21.9 Å². The van der Waals surface area contributed by atoms with Crippen molar-refractivity contribution >= 4 is 34.0 Å². The Morgan fingerprint density at radius 2 is 1.81 bits per heavy atom. The summed E-state index contributed by atoms with van der Waals surface area (Å²) in [6, 6.07) is 23.6. The van der Waals surface area contributed by atoms with E-state index in [2.05, 4.69) is 10.5 Å². The molecule has 0 atom stereocenters. The number of furan rings is 1. The van der Waals surface area contributed by atoms with Gasteiger partial charge in [0.25, 0.3) is 0 Å². The van der Waals surface area contributed by atoms with Gasteiger partial charge in [-0.2, -0.15) is 5.10 Å². The summed E-state index contributed by atoms with van der Waals surface area (Å²) in [7, 11) is 0. The van der Waals surface area contributed by atoms with Gasteiger partial charge in [-0.1, -0.05) is 54.6 Å². The lowest BCUT2D eigenvalue weighted by Gasteiger charge is -2.06. The molecule has 0 unspecified atom stereocenters. The van der Waals surface area contributed by atoms with Crippen LogP contribution in [0.4, 0.5) is 4.39 Å². The van der Waals surface area contributed by atoms with Gasteiger partial charge in [-0.3, -0.25) is 4.79 Å². The minimum Gasteiger partial charge on any atom is -0.451 e. The van der Waals surface area contributed by atoms with Gasteiger partial charge in [0.1, 0.15) is 11.4 Å². The second kappa shape index (κ2) is 7.91. The van der Waals surface area contributed by atoms with Gasteiger partial charge in [0, 0.05) is 33.6 Å². The number of carbonyl (C=O) groups is 1. The molecule has 0 aliphatic heterocycles. The summed E-state index contributed by atoms with van der Waals surface area (Å²) in [5, 5.41) is 5.92. The largest absolute Gasteiger partial charge is 0.451 e. The van der Waals surface area contributed by atoms with Crippen molar-refractivity contribution in [2.75, 3.05) is 0 Å². The smallest absolute Gasteiger partial charge is 0.307 e. The van der Waals surface area contributed by atoms with Crippen LogP contribution in [0.1, 0.15) is 21.7 Å². The minimum atomic E-state index is -0.428. The van der Waals surface area contributed by atoms with Crippen molar-refractivity contribution < 1.29 is 13.6 Å². The molecule has 152 valence electrons. The highest BCUT2D eigenvalue weighted by Crippen LogP contribution is 2.22. The molecule has 0 bridgehead atoms. The van der Waals surface area contributed by atoms with Crippen molar-refractivity contribution in [1.82, 2.24) is 9.99 Å². The van der Waals surface area contributed by atoms with Crippen LogP contribution >= 0.6 is 0 Å². The van der Waals surface area contributed by atoms with Crippen LogP contribution in [0.2, 0.25) is 0 Å². The monoisotopic (exact) mass is 411 g/mol. The average Bonchev–Trinajstić information content (AvgIpc) is 3.37. The molecule has 2 aromatic heterocycles. The zero-order valence-electron chi connectivity index (χ0n) is 16.5. The maximum Gasteiger partial charge on any atom is 0.307 e. The van der Waals surface area contributed by atoms with Crippen LogP contribution in [0.5, 0.6) is 0 Å². The predicted octanol–water partition coefficient (Wildman–Crippen LogP) is 5.34.